The molecule has 150 valence electrons. The molecule has 4 aromatic rings. The Labute approximate surface area is 180 Å². The van der Waals surface area contributed by atoms with Crippen LogP contribution >= 0.6 is 11.8 Å². The summed E-state index contributed by atoms with van der Waals surface area (Å²) in [6.45, 7) is 2.44. The monoisotopic (exact) mass is 414 g/mol. The number of thioether (sulfide) groups is 1. The fourth-order valence-corrected chi connectivity index (χ4v) is 3.92. The van der Waals surface area contributed by atoms with Crippen molar-refractivity contribution in [1.82, 2.24) is 10.3 Å². The van der Waals surface area contributed by atoms with Crippen LogP contribution in [0.25, 0.3) is 11.5 Å². The third-order valence-electron chi connectivity index (χ3n) is 4.70. The van der Waals surface area contributed by atoms with Gasteiger partial charge in [-0.3, -0.25) is 4.79 Å². The van der Waals surface area contributed by atoms with Crippen molar-refractivity contribution in [3.05, 3.63) is 108 Å². The Morgan fingerprint density at radius 1 is 0.933 bits per heavy atom. The van der Waals surface area contributed by atoms with Crippen molar-refractivity contribution in [2.75, 3.05) is 0 Å². The first kappa shape index (κ1) is 20.0. The van der Waals surface area contributed by atoms with Crippen molar-refractivity contribution in [2.45, 2.75) is 24.1 Å². The molecule has 1 aromatic heterocycles. The van der Waals surface area contributed by atoms with Gasteiger partial charge in [0.05, 0.1) is 5.69 Å². The van der Waals surface area contributed by atoms with E-state index >= 15 is 0 Å². The van der Waals surface area contributed by atoms with Gasteiger partial charge in [-0.1, -0.05) is 48.5 Å². The van der Waals surface area contributed by atoms with E-state index in [0.717, 1.165) is 28.3 Å². The van der Waals surface area contributed by atoms with Gasteiger partial charge in [0.2, 0.25) is 5.89 Å². The van der Waals surface area contributed by atoms with E-state index in [1.807, 2.05) is 67.6 Å². The van der Waals surface area contributed by atoms with E-state index in [9.17, 15) is 4.79 Å². The molecule has 1 heterocycles. The molecule has 4 rings (SSSR count). The third-order valence-corrected chi connectivity index (χ3v) is 5.72. The minimum absolute atomic E-state index is 0.103. The van der Waals surface area contributed by atoms with Gasteiger partial charge in [0.15, 0.2) is 0 Å². The van der Waals surface area contributed by atoms with E-state index in [1.54, 1.807) is 23.9 Å². The van der Waals surface area contributed by atoms with Crippen LogP contribution in [0.2, 0.25) is 0 Å². The number of aromatic nitrogens is 1. The largest absolute Gasteiger partial charge is 0.441 e. The number of oxazole rings is 1. The molecule has 0 aliphatic rings. The zero-order valence-corrected chi connectivity index (χ0v) is 17.5. The minimum atomic E-state index is -0.103. The Balaban J connectivity index is 1.39. The number of carbonyl (C=O) groups is 1. The maximum atomic E-state index is 12.4. The molecule has 0 unspecified atom stereocenters. The van der Waals surface area contributed by atoms with E-state index in [-0.39, 0.29) is 5.91 Å². The molecule has 0 spiro atoms. The van der Waals surface area contributed by atoms with Gasteiger partial charge in [0, 0.05) is 28.3 Å². The van der Waals surface area contributed by atoms with Gasteiger partial charge in [0.1, 0.15) is 5.76 Å². The summed E-state index contributed by atoms with van der Waals surface area (Å²) in [5.74, 6) is 2.04. The van der Waals surface area contributed by atoms with Crippen LogP contribution in [0, 0.1) is 6.92 Å². The molecule has 3 aromatic carbocycles. The zero-order chi connectivity index (χ0) is 20.8. The summed E-state index contributed by atoms with van der Waals surface area (Å²) >= 11 is 1.73. The van der Waals surface area contributed by atoms with Gasteiger partial charge in [-0.25, -0.2) is 4.98 Å². The number of amides is 1. The average molecular weight is 415 g/mol. The van der Waals surface area contributed by atoms with Gasteiger partial charge >= 0.3 is 0 Å². The number of hydrogen-bond donors (Lipinski definition) is 1. The maximum absolute atomic E-state index is 12.4. The van der Waals surface area contributed by atoms with Crippen LogP contribution in [0.5, 0.6) is 0 Å². The Hall–Kier alpha value is -3.31. The molecule has 1 N–H and O–H groups in total. The van der Waals surface area contributed by atoms with Crippen LogP contribution in [-0.2, 0) is 12.3 Å². The molecule has 0 radical (unpaired) electrons. The van der Waals surface area contributed by atoms with Crippen LogP contribution < -0.4 is 5.32 Å². The predicted octanol–water partition coefficient (Wildman–Crippen LogP) is 5.87. The lowest BCUT2D eigenvalue weighted by Crippen LogP contribution is -2.22. The summed E-state index contributed by atoms with van der Waals surface area (Å²) in [6, 6.07) is 27.4. The summed E-state index contributed by atoms with van der Waals surface area (Å²) in [6.07, 6.45) is 0. The summed E-state index contributed by atoms with van der Waals surface area (Å²) in [7, 11) is 0. The van der Waals surface area contributed by atoms with Crippen molar-refractivity contribution in [1.29, 1.82) is 0 Å². The average Bonchev–Trinajstić information content (AvgIpc) is 3.18. The highest BCUT2D eigenvalue weighted by Crippen LogP contribution is 2.27. The Morgan fingerprint density at radius 3 is 2.30 bits per heavy atom. The van der Waals surface area contributed by atoms with Crippen LogP contribution in [0.15, 0.2) is 94.2 Å². The number of hydrogen-bond acceptors (Lipinski definition) is 4. The molecule has 30 heavy (non-hydrogen) atoms. The smallest absolute Gasteiger partial charge is 0.251 e. The highest BCUT2D eigenvalue weighted by atomic mass is 32.2. The Bertz CT molecular complexity index is 1110. The quantitative estimate of drug-likeness (QED) is 0.384. The number of rotatable bonds is 7. The molecule has 0 bridgehead atoms. The van der Waals surface area contributed by atoms with E-state index in [4.69, 9.17) is 4.42 Å². The summed E-state index contributed by atoms with van der Waals surface area (Å²) < 4.78 is 5.87. The van der Waals surface area contributed by atoms with Gasteiger partial charge in [-0.15, -0.1) is 11.8 Å². The van der Waals surface area contributed by atoms with Gasteiger partial charge in [0.25, 0.3) is 5.91 Å². The first-order valence-corrected chi connectivity index (χ1v) is 10.7. The second-order valence-corrected chi connectivity index (χ2v) is 7.92. The van der Waals surface area contributed by atoms with Crippen molar-refractivity contribution in [3.8, 4) is 11.5 Å². The first-order chi connectivity index (χ1) is 14.7. The summed E-state index contributed by atoms with van der Waals surface area (Å²) in [4.78, 5) is 18.2. The van der Waals surface area contributed by atoms with Crippen molar-refractivity contribution in [3.63, 3.8) is 0 Å². The van der Waals surface area contributed by atoms with Gasteiger partial charge < -0.3 is 9.73 Å². The van der Waals surface area contributed by atoms with Crippen molar-refractivity contribution in [2.24, 2.45) is 0 Å². The number of benzene rings is 3. The minimum Gasteiger partial charge on any atom is -0.441 e. The number of nitrogens with zero attached hydrogens (tertiary/aromatic N) is 1. The number of nitrogens with one attached hydrogen (secondary N) is 1. The van der Waals surface area contributed by atoms with Crippen LogP contribution in [0.3, 0.4) is 0 Å². The predicted molar refractivity (Wildman–Crippen MR) is 120 cm³/mol. The second kappa shape index (κ2) is 9.46. The molecule has 5 heteroatoms. The van der Waals surface area contributed by atoms with Gasteiger partial charge in [-0.05, 0) is 48.9 Å². The highest BCUT2D eigenvalue weighted by Gasteiger charge is 2.13. The van der Waals surface area contributed by atoms with E-state index in [2.05, 4.69) is 22.4 Å². The third kappa shape index (κ3) is 4.99. The van der Waals surface area contributed by atoms with Crippen molar-refractivity contribution < 1.29 is 9.21 Å². The first-order valence-electron chi connectivity index (χ1n) is 9.76. The fourth-order valence-electron chi connectivity index (χ4n) is 3.00. The lowest BCUT2D eigenvalue weighted by molar-refractivity contribution is 0.0951. The number of carbonyl (C=O) groups excluding carboxylic acids is 1. The molecule has 0 saturated carbocycles. The topological polar surface area (TPSA) is 55.1 Å². The lowest BCUT2D eigenvalue weighted by Gasteiger charge is -2.05. The van der Waals surface area contributed by atoms with E-state index in [1.165, 1.54) is 4.90 Å². The second-order valence-electron chi connectivity index (χ2n) is 6.87. The molecule has 1 amide bonds. The molecule has 0 atom stereocenters. The van der Waals surface area contributed by atoms with Crippen molar-refractivity contribution >= 4 is 17.7 Å². The lowest BCUT2D eigenvalue weighted by atomic mass is 10.1. The SMILES string of the molecule is Cc1oc(-c2ccc(C(=O)NCc3ccccc3)cc2)nc1CSc1ccccc1. The molecular weight excluding hydrogens is 392 g/mol. The zero-order valence-electron chi connectivity index (χ0n) is 16.7. The fraction of sp³-hybridized carbons (Fsp3) is 0.120. The maximum Gasteiger partial charge on any atom is 0.251 e. The number of aryl methyl sites for hydroxylation is 1. The summed E-state index contributed by atoms with van der Waals surface area (Å²) in [5.41, 5.74) is 3.47. The highest BCUT2D eigenvalue weighted by molar-refractivity contribution is 7.98. The van der Waals surface area contributed by atoms with E-state index < -0.39 is 0 Å². The van der Waals surface area contributed by atoms with Crippen LogP contribution in [-0.4, -0.2) is 10.9 Å². The molecule has 0 saturated heterocycles. The van der Waals surface area contributed by atoms with Crippen LogP contribution in [0.4, 0.5) is 0 Å². The van der Waals surface area contributed by atoms with Crippen LogP contribution in [0.1, 0.15) is 27.4 Å². The standard InChI is InChI=1S/C25H22N2O2S/c1-18-23(17-30-22-10-6-3-7-11-22)27-25(29-18)21-14-12-20(13-15-21)24(28)26-16-19-8-4-2-5-9-19/h2-15H,16-17H2,1H3,(H,26,28). The molecule has 0 fully saturated rings. The summed E-state index contributed by atoms with van der Waals surface area (Å²) in [5, 5.41) is 2.94. The van der Waals surface area contributed by atoms with E-state index in [0.29, 0.717) is 18.0 Å². The molecule has 0 aliphatic carbocycles. The molecule has 4 nitrogen and oxygen atoms in total. The normalized spacial score (nSPS) is 10.7. The Morgan fingerprint density at radius 2 is 1.60 bits per heavy atom. The van der Waals surface area contributed by atoms with Gasteiger partial charge in [-0.2, -0.15) is 0 Å². The Kier molecular flexibility index (Phi) is 6.30. The molecular formula is C25H22N2O2S. The molecule has 0 aliphatic heterocycles.